The van der Waals surface area contributed by atoms with E-state index in [1.54, 1.807) is 6.07 Å². The number of hydrogen-bond donors (Lipinski definition) is 1. The summed E-state index contributed by atoms with van der Waals surface area (Å²) in [6.45, 7) is 4.31. The number of sulfonamides is 1. The molecule has 158 valence electrons. The summed E-state index contributed by atoms with van der Waals surface area (Å²) in [5, 5.41) is 2.75. The van der Waals surface area contributed by atoms with Crippen LogP contribution in [-0.4, -0.2) is 71.8 Å². The molecule has 4 heterocycles. The normalized spacial score (nSPS) is 18.4. The number of nitrogens with one attached hydrogen (secondary N) is 1. The molecular formula is C19H27N5O4S. The van der Waals surface area contributed by atoms with Crippen molar-refractivity contribution in [1.29, 1.82) is 0 Å². The molecule has 0 spiro atoms. The van der Waals surface area contributed by atoms with Gasteiger partial charge in [-0.05, 0) is 25.8 Å². The Morgan fingerprint density at radius 2 is 1.97 bits per heavy atom. The van der Waals surface area contributed by atoms with Gasteiger partial charge in [0.2, 0.25) is 10.0 Å². The fourth-order valence-electron chi connectivity index (χ4n) is 3.93. The number of imidazole rings is 1. The van der Waals surface area contributed by atoms with Crippen molar-refractivity contribution >= 4 is 27.1 Å². The zero-order chi connectivity index (χ0) is 20.4. The van der Waals surface area contributed by atoms with Gasteiger partial charge in [0.25, 0.3) is 5.91 Å². The van der Waals surface area contributed by atoms with Gasteiger partial charge in [0.05, 0.1) is 24.5 Å². The third-order valence-corrected chi connectivity index (χ3v) is 7.32. The van der Waals surface area contributed by atoms with Gasteiger partial charge < -0.3 is 14.6 Å². The number of morpholine rings is 1. The zero-order valence-corrected chi connectivity index (χ0v) is 17.5. The van der Waals surface area contributed by atoms with Crippen LogP contribution >= 0.6 is 0 Å². The lowest BCUT2D eigenvalue weighted by Gasteiger charge is -2.26. The molecule has 0 saturated carbocycles. The van der Waals surface area contributed by atoms with Crippen LogP contribution in [0.1, 0.15) is 41.1 Å². The van der Waals surface area contributed by atoms with Gasteiger partial charge in [0, 0.05) is 38.3 Å². The number of fused-ring (bicyclic) bond motifs is 3. The van der Waals surface area contributed by atoms with Crippen molar-refractivity contribution in [2.45, 2.75) is 39.2 Å². The van der Waals surface area contributed by atoms with Crippen LogP contribution in [0.15, 0.2) is 6.07 Å². The summed E-state index contributed by atoms with van der Waals surface area (Å²) in [5.41, 5.74) is 2.54. The minimum atomic E-state index is -3.41. The van der Waals surface area contributed by atoms with Gasteiger partial charge in [-0.2, -0.15) is 4.31 Å². The van der Waals surface area contributed by atoms with Crippen LogP contribution < -0.4 is 5.32 Å². The average Bonchev–Trinajstić information content (AvgIpc) is 2.89. The third kappa shape index (κ3) is 4.29. The zero-order valence-electron chi connectivity index (χ0n) is 16.7. The van der Waals surface area contributed by atoms with Crippen molar-refractivity contribution < 1.29 is 17.9 Å². The Morgan fingerprint density at radius 3 is 2.76 bits per heavy atom. The van der Waals surface area contributed by atoms with E-state index in [0.29, 0.717) is 37.4 Å². The molecule has 2 aromatic heterocycles. The monoisotopic (exact) mass is 421 g/mol. The van der Waals surface area contributed by atoms with Crippen LogP contribution in [0.25, 0.3) is 11.2 Å². The van der Waals surface area contributed by atoms with Gasteiger partial charge >= 0.3 is 0 Å². The second kappa shape index (κ2) is 8.37. The maximum Gasteiger partial charge on any atom is 0.253 e. The first-order valence-corrected chi connectivity index (χ1v) is 11.8. The Morgan fingerprint density at radius 1 is 1.17 bits per heavy atom. The average molecular weight is 422 g/mol. The van der Waals surface area contributed by atoms with Gasteiger partial charge in [-0.1, -0.05) is 6.42 Å². The highest BCUT2D eigenvalue weighted by Gasteiger charge is 2.25. The number of carbonyl (C=O) groups is 1. The standard InChI is InChI=1S/C19H27N5O4S/c1-14-13-15(17-18(21-14)24-7-4-2-3-5-16(24)22-17)19(25)20-6-12-29(26,27)23-8-10-28-11-9-23/h13H,2-12H2,1H3,(H,20,25). The number of aromatic nitrogens is 3. The minimum Gasteiger partial charge on any atom is -0.379 e. The van der Waals surface area contributed by atoms with Crippen molar-refractivity contribution in [3.05, 3.63) is 23.1 Å². The highest BCUT2D eigenvalue weighted by molar-refractivity contribution is 7.89. The van der Waals surface area contributed by atoms with Crippen molar-refractivity contribution in [2.24, 2.45) is 0 Å². The van der Waals surface area contributed by atoms with Gasteiger partial charge in [-0.25, -0.2) is 18.4 Å². The number of ether oxygens (including phenoxy) is 1. The highest BCUT2D eigenvalue weighted by Crippen LogP contribution is 2.24. The third-order valence-electron chi connectivity index (χ3n) is 5.45. The summed E-state index contributed by atoms with van der Waals surface area (Å²) in [7, 11) is -3.41. The van der Waals surface area contributed by atoms with E-state index in [1.165, 1.54) is 10.7 Å². The Labute approximate surface area is 170 Å². The van der Waals surface area contributed by atoms with Gasteiger partial charge in [-0.15, -0.1) is 0 Å². The first kappa shape index (κ1) is 20.2. The quantitative estimate of drug-likeness (QED) is 0.767. The van der Waals surface area contributed by atoms with E-state index in [1.807, 2.05) is 6.92 Å². The van der Waals surface area contributed by atoms with Crippen molar-refractivity contribution in [3.8, 4) is 0 Å². The lowest BCUT2D eigenvalue weighted by atomic mass is 10.2. The molecule has 0 aliphatic carbocycles. The lowest BCUT2D eigenvalue weighted by molar-refractivity contribution is 0.0730. The number of rotatable bonds is 5. The fourth-order valence-corrected chi connectivity index (χ4v) is 5.26. The highest BCUT2D eigenvalue weighted by atomic mass is 32.2. The maximum absolute atomic E-state index is 12.8. The van der Waals surface area contributed by atoms with E-state index in [0.717, 1.165) is 43.0 Å². The first-order chi connectivity index (χ1) is 14.0. The minimum absolute atomic E-state index is 0.0505. The van der Waals surface area contributed by atoms with Crippen LogP contribution in [0.5, 0.6) is 0 Å². The summed E-state index contributed by atoms with van der Waals surface area (Å²) in [4.78, 5) is 22.2. The Bertz CT molecular complexity index is 1010. The number of hydrogen-bond acceptors (Lipinski definition) is 6. The van der Waals surface area contributed by atoms with E-state index in [-0.39, 0.29) is 18.2 Å². The SMILES string of the molecule is Cc1cc(C(=O)NCCS(=O)(=O)N2CCOCC2)c2nc3n(c2n1)CCCCC3. The van der Waals surface area contributed by atoms with Gasteiger partial charge in [0.15, 0.2) is 5.65 Å². The topological polar surface area (TPSA) is 106 Å². The van der Waals surface area contributed by atoms with E-state index < -0.39 is 10.0 Å². The molecule has 10 heteroatoms. The van der Waals surface area contributed by atoms with E-state index in [9.17, 15) is 13.2 Å². The van der Waals surface area contributed by atoms with Crippen molar-refractivity contribution in [3.63, 3.8) is 0 Å². The smallest absolute Gasteiger partial charge is 0.253 e. The largest absolute Gasteiger partial charge is 0.379 e. The second-order valence-electron chi connectivity index (χ2n) is 7.56. The Kier molecular flexibility index (Phi) is 5.84. The second-order valence-corrected chi connectivity index (χ2v) is 9.65. The Balaban J connectivity index is 1.50. The number of pyridine rings is 1. The molecule has 1 fully saturated rings. The summed E-state index contributed by atoms with van der Waals surface area (Å²) < 4.78 is 33.6. The number of aryl methyl sites for hydroxylation is 3. The maximum atomic E-state index is 12.8. The number of carbonyl (C=O) groups excluding carboxylic acids is 1. The molecule has 0 aromatic carbocycles. The van der Waals surface area contributed by atoms with Gasteiger partial charge in [-0.3, -0.25) is 4.79 Å². The number of amides is 1. The molecule has 1 amide bonds. The molecule has 2 aliphatic rings. The summed E-state index contributed by atoms with van der Waals surface area (Å²) in [5.74, 6) is 0.525. The van der Waals surface area contributed by atoms with Gasteiger partial charge in [0.1, 0.15) is 11.3 Å². The van der Waals surface area contributed by atoms with E-state index in [4.69, 9.17) is 9.72 Å². The predicted molar refractivity (Wildman–Crippen MR) is 108 cm³/mol. The molecule has 0 unspecified atom stereocenters. The summed E-state index contributed by atoms with van der Waals surface area (Å²) >= 11 is 0. The molecule has 2 aliphatic heterocycles. The molecule has 0 radical (unpaired) electrons. The van der Waals surface area contributed by atoms with Crippen molar-refractivity contribution in [2.75, 3.05) is 38.6 Å². The Hall–Kier alpha value is -2.04. The lowest BCUT2D eigenvalue weighted by Crippen LogP contribution is -2.43. The molecule has 0 atom stereocenters. The molecular weight excluding hydrogens is 394 g/mol. The van der Waals surface area contributed by atoms with Crippen LogP contribution in [-0.2, 0) is 27.7 Å². The van der Waals surface area contributed by atoms with Crippen LogP contribution in [0.4, 0.5) is 0 Å². The fraction of sp³-hybridized carbons (Fsp3) is 0.632. The molecule has 4 rings (SSSR count). The summed E-state index contributed by atoms with van der Waals surface area (Å²) in [6.07, 6.45) is 4.22. The molecule has 29 heavy (non-hydrogen) atoms. The van der Waals surface area contributed by atoms with Crippen LogP contribution in [0.3, 0.4) is 0 Å². The predicted octanol–water partition coefficient (Wildman–Crippen LogP) is 0.858. The van der Waals surface area contributed by atoms with Crippen molar-refractivity contribution in [1.82, 2.24) is 24.2 Å². The van der Waals surface area contributed by atoms with E-state index >= 15 is 0 Å². The van der Waals surface area contributed by atoms with Crippen LogP contribution in [0, 0.1) is 6.92 Å². The molecule has 1 saturated heterocycles. The molecule has 9 nitrogen and oxygen atoms in total. The molecule has 0 bridgehead atoms. The first-order valence-electron chi connectivity index (χ1n) is 10.2. The molecule has 2 aromatic rings. The molecule has 1 N–H and O–H groups in total. The summed E-state index contributed by atoms with van der Waals surface area (Å²) in [6, 6.07) is 1.72. The van der Waals surface area contributed by atoms with Crippen LogP contribution in [0.2, 0.25) is 0 Å². The number of nitrogens with zero attached hydrogens (tertiary/aromatic N) is 4. The van der Waals surface area contributed by atoms with E-state index in [2.05, 4.69) is 14.9 Å².